The van der Waals surface area contributed by atoms with E-state index in [2.05, 4.69) is 15.9 Å². The lowest BCUT2D eigenvalue weighted by Gasteiger charge is -2.49. The van der Waals surface area contributed by atoms with E-state index in [1.54, 1.807) is 49.4 Å². The summed E-state index contributed by atoms with van der Waals surface area (Å²) < 4.78 is 19.9. The van der Waals surface area contributed by atoms with Gasteiger partial charge in [-0.3, -0.25) is 24.1 Å². The van der Waals surface area contributed by atoms with Crippen molar-refractivity contribution in [1.82, 2.24) is 0 Å². The lowest BCUT2D eigenvalue weighted by molar-refractivity contribution is -0.131. The second kappa shape index (κ2) is 10.5. The predicted octanol–water partition coefficient (Wildman–Crippen LogP) is 6.39. The summed E-state index contributed by atoms with van der Waals surface area (Å²) in [5.74, 6) is -5.73. The molecular weight excluding hydrogens is 667 g/mol. The fourth-order valence-electron chi connectivity index (χ4n) is 8.01. The molecule has 8 nitrogen and oxygen atoms in total. The molecule has 3 fully saturated rings. The molecular formula is C34H27BrClFN2O6. The van der Waals surface area contributed by atoms with Crippen molar-refractivity contribution in [3.05, 3.63) is 93.2 Å². The largest absolute Gasteiger partial charge is 0.503 e. The van der Waals surface area contributed by atoms with Gasteiger partial charge >= 0.3 is 0 Å². The first-order valence-electron chi connectivity index (χ1n) is 14.5. The summed E-state index contributed by atoms with van der Waals surface area (Å²) in [7, 11) is 1.41. The number of para-hydroxylation sites is 1. The van der Waals surface area contributed by atoms with Crippen LogP contribution in [0.25, 0.3) is 0 Å². The number of methoxy groups -OCH3 is 1. The molecule has 45 heavy (non-hydrogen) atoms. The van der Waals surface area contributed by atoms with Crippen LogP contribution in [0.15, 0.2) is 76.8 Å². The number of imide groups is 2. The molecule has 2 heterocycles. The zero-order valence-corrected chi connectivity index (χ0v) is 26.5. The first kappa shape index (κ1) is 29.7. The number of phenols is 1. The Kier molecular flexibility index (Phi) is 6.94. The number of hydrogen-bond acceptors (Lipinski definition) is 6. The monoisotopic (exact) mass is 692 g/mol. The number of fused-ring (bicyclic) bond motifs is 4. The van der Waals surface area contributed by atoms with Crippen LogP contribution < -0.4 is 14.5 Å². The number of carbonyl (C=O) groups is 4. The van der Waals surface area contributed by atoms with Gasteiger partial charge in [0.2, 0.25) is 23.6 Å². The number of nitrogens with zero attached hydrogens (tertiary/aromatic N) is 2. The highest BCUT2D eigenvalue weighted by atomic mass is 79.9. The van der Waals surface area contributed by atoms with Crippen molar-refractivity contribution in [1.29, 1.82) is 0 Å². The van der Waals surface area contributed by atoms with Gasteiger partial charge in [0, 0.05) is 5.92 Å². The topological polar surface area (TPSA) is 104 Å². The van der Waals surface area contributed by atoms with E-state index < -0.39 is 52.6 Å². The Bertz CT molecular complexity index is 1850. The van der Waals surface area contributed by atoms with Gasteiger partial charge in [-0.25, -0.2) is 9.29 Å². The number of ether oxygens (including phenoxy) is 1. The molecule has 4 aliphatic rings. The van der Waals surface area contributed by atoms with Crippen LogP contribution in [0.1, 0.15) is 31.2 Å². The highest BCUT2D eigenvalue weighted by Gasteiger charge is 2.67. The van der Waals surface area contributed by atoms with Crippen LogP contribution in [-0.4, -0.2) is 35.8 Å². The van der Waals surface area contributed by atoms with Gasteiger partial charge in [-0.2, -0.15) is 0 Å². The standard InChI is InChI=1S/C34H27BrClFN2O6/c1-34-22(31(42)39(33(34)44)18-8-11-25(37)24(36)14-18)15-21-19(28(34)16-12-23(35)29(40)26(13-16)45-2)9-10-20-27(21)32(43)38(30(20)41)17-6-4-3-5-7-17/h3-9,11-14,20-22,27-28,40H,10,15H2,1-2H3/t20-,21+,22-,27-,28-,34+/m0/s1. The summed E-state index contributed by atoms with van der Waals surface area (Å²) in [4.78, 5) is 58.9. The lowest BCUT2D eigenvalue weighted by Crippen LogP contribution is -2.48. The van der Waals surface area contributed by atoms with Gasteiger partial charge in [-0.05, 0) is 89.6 Å². The number of allylic oxidation sites excluding steroid dienone is 2. The molecule has 2 saturated heterocycles. The molecule has 0 radical (unpaired) electrons. The van der Waals surface area contributed by atoms with Gasteiger partial charge in [0.1, 0.15) is 5.82 Å². The molecule has 0 spiro atoms. The number of hydrogen-bond donors (Lipinski definition) is 1. The first-order chi connectivity index (χ1) is 21.5. The minimum absolute atomic E-state index is 0.125. The summed E-state index contributed by atoms with van der Waals surface area (Å²) in [6.07, 6.45) is 2.39. The normalized spacial score (nSPS) is 29.0. The molecule has 0 bridgehead atoms. The van der Waals surface area contributed by atoms with Crippen LogP contribution in [0.4, 0.5) is 15.8 Å². The average molecular weight is 694 g/mol. The maximum atomic E-state index is 14.5. The SMILES string of the molecule is COc1cc([C@H]2C3=CC[C@@H]4C(=O)N(c5ccccc5)C(=O)[C@@H]4[C@@H]3C[C@H]3C(=O)N(c4ccc(F)c(Cl)c4)C(=O)[C@@]23C)cc(Br)c1O. The van der Waals surface area contributed by atoms with E-state index >= 15 is 0 Å². The maximum Gasteiger partial charge on any atom is 0.241 e. The Labute approximate surface area is 271 Å². The fraction of sp³-hybridized carbons (Fsp3) is 0.294. The third-order valence-electron chi connectivity index (χ3n) is 10.1. The van der Waals surface area contributed by atoms with E-state index in [1.165, 1.54) is 24.1 Å². The molecule has 230 valence electrons. The number of aromatic hydroxyl groups is 1. The van der Waals surface area contributed by atoms with Crippen LogP contribution in [0, 0.1) is 34.9 Å². The number of amides is 4. The van der Waals surface area contributed by atoms with E-state index in [1.807, 2.05) is 6.08 Å². The predicted molar refractivity (Wildman–Crippen MR) is 167 cm³/mol. The zero-order valence-electron chi connectivity index (χ0n) is 24.2. The van der Waals surface area contributed by atoms with Gasteiger partial charge < -0.3 is 9.84 Å². The summed E-state index contributed by atoms with van der Waals surface area (Å²) in [5, 5.41) is 10.4. The molecule has 6 atom stereocenters. The molecule has 11 heteroatoms. The van der Waals surface area contributed by atoms with Crippen LogP contribution in [0.3, 0.4) is 0 Å². The molecule has 2 aliphatic heterocycles. The minimum Gasteiger partial charge on any atom is -0.503 e. The number of anilines is 2. The number of carbonyl (C=O) groups excluding carboxylic acids is 4. The van der Waals surface area contributed by atoms with Gasteiger partial charge in [0.05, 0.1) is 51.1 Å². The second-order valence-electron chi connectivity index (χ2n) is 12.2. The van der Waals surface area contributed by atoms with Crippen molar-refractivity contribution in [2.45, 2.75) is 25.7 Å². The number of phenolic OH excluding ortho intramolecular Hbond substituents is 1. The van der Waals surface area contributed by atoms with Crippen molar-refractivity contribution >= 4 is 62.5 Å². The lowest BCUT2D eigenvalue weighted by atomic mass is 9.51. The fourth-order valence-corrected chi connectivity index (χ4v) is 8.65. The molecule has 1 saturated carbocycles. The Hall–Kier alpha value is -4.02. The molecule has 4 amide bonds. The third-order valence-corrected chi connectivity index (χ3v) is 10.9. The molecule has 0 unspecified atom stereocenters. The quantitative estimate of drug-likeness (QED) is 0.251. The van der Waals surface area contributed by atoms with Gasteiger partial charge in [0.25, 0.3) is 0 Å². The van der Waals surface area contributed by atoms with Crippen molar-refractivity contribution in [2.24, 2.45) is 29.1 Å². The van der Waals surface area contributed by atoms with E-state index in [9.17, 15) is 28.7 Å². The Balaban J connectivity index is 1.40. The maximum absolute atomic E-state index is 14.5. The third kappa shape index (κ3) is 4.14. The molecule has 7 rings (SSSR count). The number of benzene rings is 3. The van der Waals surface area contributed by atoms with Crippen LogP contribution in [0.2, 0.25) is 5.02 Å². The summed E-state index contributed by atoms with van der Waals surface area (Å²) in [5.41, 5.74) is 0.673. The Morgan fingerprint density at radius 1 is 0.956 bits per heavy atom. The van der Waals surface area contributed by atoms with E-state index in [0.29, 0.717) is 15.7 Å². The van der Waals surface area contributed by atoms with E-state index in [4.69, 9.17) is 16.3 Å². The van der Waals surface area contributed by atoms with E-state index in [0.717, 1.165) is 16.5 Å². The molecule has 1 N–H and O–H groups in total. The van der Waals surface area contributed by atoms with Gasteiger partial charge in [0.15, 0.2) is 11.5 Å². The molecule has 2 aliphatic carbocycles. The van der Waals surface area contributed by atoms with Crippen LogP contribution in [0.5, 0.6) is 11.5 Å². The number of halogens is 3. The summed E-state index contributed by atoms with van der Waals surface area (Å²) >= 11 is 9.47. The van der Waals surface area contributed by atoms with Crippen molar-refractivity contribution in [3.8, 4) is 11.5 Å². The highest BCUT2D eigenvalue weighted by Crippen LogP contribution is 2.64. The average Bonchev–Trinajstić information content (AvgIpc) is 3.39. The summed E-state index contributed by atoms with van der Waals surface area (Å²) in [6.45, 7) is 1.74. The highest BCUT2D eigenvalue weighted by molar-refractivity contribution is 9.10. The zero-order chi connectivity index (χ0) is 31.9. The Morgan fingerprint density at radius 3 is 2.38 bits per heavy atom. The summed E-state index contributed by atoms with van der Waals surface area (Å²) in [6, 6.07) is 15.8. The first-order valence-corrected chi connectivity index (χ1v) is 15.7. The van der Waals surface area contributed by atoms with Crippen LogP contribution >= 0.6 is 27.5 Å². The van der Waals surface area contributed by atoms with Crippen molar-refractivity contribution < 1.29 is 33.4 Å². The van der Waals surface area contributed by atoms with E-state index in [-0.39, 0.29) is 46.9 Å². The molecule has 3 aromatic rings. The van der Waals surface area contributed by atoms with Gasteiger partial charge in [-0.15, -0.1) is 0 Å². The molecule has 3 aromatic carbocycles. The van der Waals surface area contributed by atoms with Crippen LogP contribution in [-0.2, 0) is 19.2 Å². The second-order valence-corrected chi connectivity index (χ2v) is 13.4. The van der Waals surface area contributed by atoms with Crippen molar-refractivity contribution in [3.63, 3.8) is 0 Å². The smallest absolute Gasteiger partial charge is 0.241 e. The van der Waals surface area contributed by atoms with Gasteiger partial charge in [-0.1, -0.05) is 41.4 Å². The van der Waals surface area contributed by atoms with Crippen molar-refractivity contribution in [2.75, 3.05) is 16.9 Å². The Morgan fingerprint density at radius 2 is 1.69 bits per heavy atom. The minimum atomic E-state index is -1.33. The molecule has 0 aromatic heterocycles. The number of rotatable bonds is 4.